The first-order valence-electron chi connectivity index (χ1n) is 9.76. The molecule has 0 amide bonds. The maximum absolute atomic E-state index is 13.0. The number of thioether (sulfide) groups is 1. The summed E-state index contributed by atoms with van der Waals surface area (Å²) in [5.74, 6) is 1.61. The molecule has 1 saturated heterocycles. The average molecular weight is 415 g/mol. The van der Waals surface area contributed by atoms with E-state index >= 15 is 0 Å². The van der Waals surface area contributed by atoms with Gasteiger partial charge < -0.3 is 5.32 Å². The zero-order valence-corrected chi connectivity index (χ0v) is 16.7. The molecule has 0 bridgehead atoms. The van der Waals surface area contributed by atoms with Crippen molar-refractivity contribution in [3.8, 4) is 0 Å². The Morgan fingerprint density at radius 2 is 1.86 bits per heavy atom. The van der Waals surface area contributed by atoms with E-state index in [-0.39, 0.29) is 11.3 Å². The largest absolute Gasteiger partial charge is 0.453 e. The van der Waals surface area contributed by atoms with Crippen molar-refractivity contribution in [2.45, 2.75) is 50.7 Å². The predicted molar refractivity (Wildman–Crippen MR) is 104 cm³/mol. The molecule has 3 heterocycles. The molecule has 2 aromatic heterocycles. The fraction of sp³-hybridized carbons (Fsp3) is 0.722. The molecule has 2 fully saturated rings. The van der Waals surface area contributed by atoms with Crippen molar-refractivity contribution < 1.29 is 13.2 Å². The number of hydrogen-bond donors (Lipinski definition) is 1. The van der Waals surface area contributed by atoms with Crippen LogP contribution >= 0.6 is 11.8 Å². The number of nitrogens with zero attached hydrogens (tertiary/aromatic N) is 5. The van der Waals surface area contributed by atoms with Gasteiger partial charge in [0, 0.05) is 48.4 Å². The number of hydrogen-bond acceptors (Lipinski definition) is 6. The van der Waals surface area contributed by atoms with Crippen LogP contribution in [0.25, 0.3) is 5.78 Å². The Balaban J connectivity index is 1.62. The van der Waals surface area contributed by atoms with E-state index in [1.807, 2.05) is 11.8 Å². The van der Waals surface area contributed by atoms with Gasteiger partial charge in [-0.05, 0) is 19.8 Å². The van der Waals surface area contributed by atoms with E-state index in [1.165, 1.54) is 23.8 Å². The molecule has 2 aliphatic rings. The number of aromatic nitrogens is 4. The van der Waals surface area contributed by atoms with Crippen molar-refractivity contribution in [3.63, 3.8) is 0 Å². The highest BCUT2D eigenvalue weighted by Crippen LogP contribution is 2.36. The normalized spacial score (nSPS) is 21.1. The lowest BCUT2D eigenvalue weighted by Gasteiger charge is -2.48. The van der Waals surface area contributed by atoms with Gasteiger partial charge in [-0.1, -0.05) is 19.3 Å². The highest BCUT2D eigenvalue weighted by atomic mass is 32.2. The maximum Gasteiger partial charge on any atom is 0.453 e. The van der Waals surface area contributed by atoms with Crippen LogP contribution in [-0.2, 0) is 6.18 Å². The number of anilines is 1. The summed E-state index contributed by atoms with van der Waals surface area (Å²) in [5, 5.41) is 7.07. The van der Waals surface area contributed by atoms with Crippen LogP contribution in [0.5, 0.6) is 0 Å². The van der Waals surface area contributed by atoms with Crippen molar-refractivity contribution in [2.24, 2.45) is 0 Å². The van der Waals surface area contributed by atoms with Gasteiger partial charge in [0.1, 0.15) is 5.82 Å². The first-order chi connectivity index (χ1) is 13.4. The molecule has 10 heteroatoms. The molecule has 0 unspecified atom stereocenters. The van der Waals surface area contributed by atoms with E-state index in [2.05, 4.69) is 25.3 Å². The summed E-state index contributed by atoms with van der Waals surface area (Å²) in [6.07, 6.45) is 1.28. The van der Waals surface area contributed by atoms with Crippen LogP contribution in [0.4, 0.5) is 19.0 Å². The van der Waals surface area contributed by atoms with Crippen LogP contribution in [0.3, 0.4) is 0 Å². The van der Waals surface area contributed by atoms with Gasteiger partial charge in [0.25, 0.3) is 11.6 Å². The van der Waals surface area contributed by atoms with Gasteiger partial charge in [-0.25, -0.2) is 4.98 Å². The summed E-state index contributed by atoms with van der Waals surface area (Å²) in [7, 11) is 0. The van der Waals surface area contributed by atoms with Crippen LogP contribution < -0.4 is 5.32 Å². The van der Waals surface area contributed by atoms with Crippen molar-refractivity contribution in [1.82, 2.24) is 24.5 Å². The minimum atomic E-state index is -4.59. The molecular formula is C18H25F3N6S. The molecular weight excluding hydrogens is 389 g/mol. The first kappa shape index (κ1) is 19.8. The summed E-state index contributed by atoms with van der Waals surface area (Å²) in [6.45, 7) is 4.58. The van der Waals surface area contributed by atoms with Crippen molar-refractivity contribution >= 4 is 23.4 Å². The molecule has 1 aliphatic heterocycles. The fourth-order valence-electron chi connectivity index (χ4n) is 4.34. The molecule has 4 rings (SSSR count). The van der Waals surface area contributed by atoms with Gasteiger partial charge in [-0.3, -0.25) is 4.90 Å². The lowest BCUT2D eigenvalue weighted by molar-refractivity contribution is -0.144. The molecule has 0 aromatic carbocycles. The zero-order valence-electron chi connectivity index (χ0n) is 15.9. The van der Waals surface area contributed by atoms with Crippen LogP contribution in [0.15, 0.2) is 6.07 Å². The Bertz CT molecular complexity index is 825. The van der Waals surface area contributed by atoms with Crippen LogP contribution in [0, 0.1) is 6.92 Å². The molecule has 28 heavy (non-hydrogen) atoms. The van der Waals surface area contributed by atoms with E-state index in [0.29, 0.717) is 18.1 Å². The summed E-state index contributed by atoms with van der Waals surface area (Å²) in [6, 6.07) is 1.74. The van der Waals surface area contributed by atoms with E-state index < -0.39 is 12.0 Å². The molecule has 0 radical (unpaired) electrons. The molecule has 0 atom stereocenters. The van der Waals surface area contributed by atoms with Gasteiger partial charge >= 0.3 is 6.18 Å². The second-order valence-electron chi connectivity index (χ2n) is 7.67. The molecule has 1 N–H and O–H groups in total. The number of rotatable bonds is 4. The Morgan fingerprint density at radius 3 is 2.54 bits per heavy atom. The zero-order chi connectivity index (χ0) is 19.8. The van der Waals surface area contributed by atoms with E-state index in [1.54, 1.807) is 13.0 Å². The van der Waals surface area contributed by atoms with Gasteiger partial charge in [-0.2, -0.15) is 34.4 Å². The van der Waals surface area contributed by atoms with Gasteiger partial charge in [-0.15, -0.1) is 5.10 Å². The Kier molecular flexibility index (Phi) is 5.43. The minimum absolute atomic E-state index is 0.0260. The topological polar surface area (TPSA) is 58.4 Å². The van der Waals surface area contributed by atoms with Gasteiger partial charge in [0.2, 0.25) is 0 Å². The maximum atomic E-state index is 13.0. The van der Waals surface area contributed by atoms with Crippen LogP contribution in [0.2, 0.25) is 0 Å². The summed E-state index contributed by atoms with van der Waals surface area (Å²) in [4.78, 5) is 10.3. The average Bonchev–Trinajstić information content (AvgIpc) is 3.12. The lowest BCUT2D eigenvalue weighted by Crippen LogP contribution is -2.57. The molecule has 2 aromatic rings. The SMILES string of the molecule is Cc1cc(NCC2(N3CCSCC3)CCCCC2)n2nc(C(F)(F)F)nc2n1. The second kappa shape index (κ2) is 7.70. The molecule has 1 aliphatic carbocycles. The quantitative estimate of drug-likeness (QED) is 0.825. The Hall–Kier alpha value is -1.55. The highest BCUT2D eigenvalue weighted by Gasteiger charge is 2.39. The Morgan fingerprint density at radius 1 is 1.14 bits per heavy atom. The fourth-order valence-corrected chi connectivity index (χ4v) is 5.24. The van der Waals surface area contributed by atoms with Crippen molar-refractivity contribution in [2.75, 3.05) is 36.5 Å². The number of aryl methyl sites for hydroxylation is 1. The third-order valence-corrected chi connectivity index (χ3v) is 6.70. The standard InChI is InChI=1S/C18H25F3N6S/c1-13-11-14(27-16(23-13)24-15(25-27)18(19,20)21)22-12-17(5-3-2-4-6-17)26-7-9-28-10-8-26/h11,22H,2-10,12H2,1H3. The summed E-state index contributed by atoms with van der Waals surface area (Å²) in [5.41, 5.74) is 0.666. The van der Waals surface area contributed by atoms with Gasteiger partial charge in [0.15, 0.2) is 0 Å². The number of halogens is 3. The summed E-state index contributed by atoms with van der Waals surface area (Å²) < 4.78 is 40.3. The lowest BCUT2D eigenvalue weighted by atomic mass is 9.80. The molecule has 154 valence electrons. The number of fused-ring (bicyclic) bond motifs is 1. The van der Waals surface area contributed by atoms with Crippen molar-refractivity contribution in [1.29, 1.82) is 0 Å². The third kappa shape index (κ3) is 3.94. The molecule has 6 nitrogen and oxygen atoms in total. The van der Waals surface area contributed by atoms with E-state index in [9.17, 15) is 13.2 Å². The first-order valence-corrected chi connectivity index (χ1v) is 10.9. The Labute approximate surface area is 166 Å². The number of alkyl halides is 3. The predicted octanol–water partition coefficient (Wildman–Crippen LogP) is 3.62. The molecule has 0 spiro atoms. The number of nitrogens with one attached hydrogen (secondary N) is 1. The van der Waals surface area contributed by atoms with Crippen LogP contribution in [-0.4, -0.2) is 61.2 Å². The van der Waals surface area contributed by atoms with E-state index in [4.69, 9.17) is 0 Å². The van der Waals surface area contributed by atoms with Gasteiger partial charge in [0.05, 0.1) is 0 Å². The second-order valence-corrected chi connectivity index (χ2v) is 8.89. The van der Waals surface area contributed by atoms with Crippen LogP contribution in [0.1, 0.15) is 43.6 Å². The smallest absolute Gasteiger partial charge is 0.368 e. The monoisotopic (exact) mass is 414 g/mol. The third-order valence-electron chi connectivity index (χ3n) is 5.76. The highest BCUT2D eigenvalue weighted by molar-refractivity contribution is 7.99. The summed E-state index contributed by atoms with van der Waals surface area (Å²) >= 11 is 1.99. The molecule has 1 saturated carbocycles. The van der Waals surface area contributed by atoms with Crippen molar-refractivity contribution in [3.05, 3.63) is 17.6 Å². The minimum Gasteiger partial charge on any atom is -0.368 e. The van der Waals surface area contributed by atoms with E-state index in [0.717, 1.165) is 37.4 Å².